The summed E-state index contributed by atoms with van der Waals surface area (Å²) in [6.07, 6.45) is 1.49. The number of rotatable bonds is 2. The van der Waals surface area contributed by atoms with Gasteiger partial charge in [0.15, 0.2) is 11.6 Å². The van der Waals surface area contributed by atoms with E-state index in [1.807, 2.05) is 0 Å². The number of hydrogen-bond acceptors (Lipinski definition) is 2. The number of halogens is 2. The molecule has 2 aromatic rings. The summed E-state index contributed by atoms with van der Waals surface area (Å²) >= 11 is 0. The first-order chi connectivity index (χ1) is 6.72. The Balaban J connectivity index is 2.61. The summed E-state index contributed by atoms with van der Waals surface area (Å²) in [5.74, 6) is -1.72. The lowest BCUT2D eigenvalue weighted by molar-refractivity contribution is 0.510. The second-order valence-corrected chi connectivity index (χ2v) is 2.98. The first-order valence-electron chi connectivity index (χ1n) is 4.23. The van der Waals surface area contributed by atoms with Crippen LogP contribution >= 0.6 is 0 Å². The van der Waals surface area contributed by atoms with Crippen LogP contribution in [0.2, 0.25) is 0 Å². The highest BCUT2D eigenvalue weighted by atomic mass is 19.2. The Kier molecular flexibility index (Phi) is 2.17. The van der Waals surface area contributed by atoms with Crippen molar-refractivity contribution < 1.29 is 8.78 Å². The lowest BCUT2D eigenvalue weighted by Gasteiger charge is -2.00. The largest absolute Gasteiger partial charge is 0.329 e. The van der Waals surface area contributed by atoms with Crippen molar-refractivity contribution in [3.8, 4) is 0 Å². The molecule has 0 fully saturated rings. The Labute approximate surface area is 79.1 Å². The van der Waals surface area contributed by atoms with E-state index in [9.17, 15) is 8.78 Å². The fourth-order valence-electron chi connectivity index (χ4n) is 1.37. The Morgan fingerprint density at radius 2 is 2.00 bits per heavy atom. The van der Waals surface area contributed by atoms with Crippen LogP contribution in [0, 0.1) is 11.6 Å². The van der Waals surface area contributed by atoms with Gasteiger partial charge in [0, 0.05) is 18.0 Å². The standard InChI is InChI=1S/C9H9F2N3/c10-7-3-6-5-13-14(2-1-12)9(6)4-8(7)11/h3-5H,1-2,12H2. The Bertz CT molecular complexity index is 464. The second kappa shape index (κ2) is 3.34. The van der Waals surface area contributed by atoms with Gasteiger partial charge in [-0.2, -0.15) is 5.10 Å². The van der Waals surface area contributed by atoms with E-state index in [4.69, 9.17) is 5.73 Å². The molecule has 0 spiro atoms. The molecule has 0 atom stereocenters. The highest BCUT2D eigenvalue weighted by Crippen LogP contribution is 2.17. The third-order valence-electron chi connectivity index (χ3n) is 2.02. The second-order valence-electron chi connectivity index (χ2n) is 2.98. The summed E-state index contributed by atoms with van der Waals surface area (Å²) in [5.41, 5.74) is 5.91. The molecule has 0 saturated carbocycles. The highest BCUT2D eigenvalue weighted by Gasteiger charge is 2.07. The van der Waals surface area contributed by atoms with Crippen LogP contribution in [0.4, 0.5) is 8.78 Å². The molecule has 74 valence electrons. The lowest BCUT2D eigenvalue weighted by Crippen LogP contribution is -2.10. The zero-order chi connectivity index (χ0) is 10.1. The van der Waals surface area contributed by atoms with E-state index >= 15 is 0 Å². The molecule has 0 amide bonds. The van der Waals surface area contributed by atoms with Gasteiger partial charge in [-0.25, -0.2) is 8.78 Å². The summed E-state index contributed by atoms with van der Waals surface area (Å²) in [7, 11) is 0. The number of benzene rings is 1. The van der Waals surface area contributed by atoms with E-state index in [1.165, 1.54) is 6.20 Å². The smallest absolute Gasteiger partial charge is 0.161 e. The van der Waals surface area contributed by atoms with Crippen molar-refractivity contribution >= 4 is 10.9 Å². The predicted octanol–water partition coefficient (Wildman–Crippen LogP) is 1.27. The van der Waals surface area contributed by atoms with E-state index in [-0.39, 0.29) is 0 Å². The average Bonchev–Trinajstić information content (AvgIpc) is 2.51. The minimum Gasteiger partial charge on any atom is -0.329 e. The molecule has 0 bridgehead atoms. The summed E-state index contributed by atoms with van der Waals surface area (Å²) < 4.78 is 27.3. The van der Waals surface area contributed by atoms with Crippen molar-refractivity contribution in [3.63, 3.8) is 0 Å². The Morgan fingerprint density at radius 3 is 2.71 bits per heavy atom. The van der Waals surface area contributed by atoms with Crippen LogP contribution in [0.5, 0.6) is 0 Å². The monoisotopic (exact) mass is 197 g/mol. The van der Waals surface area contributed by atoms with E-state index in [0.29, 0.717) is 24.0 Å². The quantitative estimate of drug-likeness (QED) is 0.787. The maximum Gasteiger partial charge on any atom is 0.161 e. The van der Waals surface area contributed by atoms with Crippen LogP contribution in [-0.4, -0.2) is 16.3 Å². The molecule has 0 aliphatic heterocycles. The van der Waals surface area contributed by atoms with Crippen molar-refractivity contribution in [2.24, 2.45) is 5.73 Å². The molecule has 0 saturated heterocycles. The van der Waals surface area contributed by atoms with Crippen LogP contribution in [0.25, 0.3) is 10.9 Å². The van der Waals surface area contributed by atoms with Gasteiger partial charge in [-0.15, -0.1) is 0 Å². The third-order valence-corrected chi connectivity index (χ3v) is 2.02. The minimum absolute atomic E-state index is 0.412. The maximum absolute atomic E-state index is 12.9. The zero-order valence-electron chi connectivity index (χ0n) is 7.37. The average molecular weight is 197 g/mol. The molecule has 2 rings (SSSR count). The van der Waals surface area contributed by atoms with E-state index in [0.717, 1.165) is 12.1 Å². The molecular weight excluding hydrogens is 188 g/mol. The summed E-state index contributed by atoms with van der Waals surface area (Å²) in [5, 5.41) is 4.55. The number of fused-ring (bicyclic) bond motifs is 1. The summed E-state index contributed by atoms with van der Waals surface area (Å²) in [6.45, 7) is 0.907. The van der Waals surface area contributed by atoms with Gasteiger partial charge in [0.1, 0.15) is 0 Å². The zero-order valence-corrected chi connectivity index (χ0v) is 7.37. The third kappa shape index (κ3) is 1.35. The van der Waals surface area contributed by atoms with Crippen LogP contribution < -0.4 is 5.73 Å². The van der Waals surface area contributed by atoms with E-state index in [1.54, 1.807) is 4.68 Å². The van der Waals surface area contributed by atoms with Gasteiger partial charge in [-0.05, 0) is 6.07 Å². The van der Waals surface area contributed by atoms with Gasteiger partial charge in [0.25, 0.3) is 0 Å². The van der Waals surface area contributed by atoms with Crippen molar-refractivity contribution in [1.29, 1.82) is 0 Å². The first kappa shape index (κ1) is 9.08. The molecule has 1 heterocycles. The molecule has 0 aliphatic carbocycles. The molecule has 3 nitrogen and oxygen atoms in total. The highest BCUT2D eigenvalue weighted by molar-refractivity contribution is 5.78. The van der Waals surface area contributed by atoms with Gasteiger partial charge in [0.05, 0.1) is 18.3 Å². The molecule has 1 aromatic heterocycles. The summed E-state index contributed by atoms with van der Waals surface area (Å²) in [4.78, 5) is 0. The molecule has 14 heavy (non-hydrogen) atoms. The Morgan fingerprint density at radius 1 is 1.29 bits per heavy atom. The number of hydrogen-bond donors (Lipinski definition) is 1. The van der Waals surface area contributed by atoms with Crippen LogP contribution in [0.3, 0.4) is 0 Å². The first-order valence-corrected chi connectivity index (χ1v) is 4.23. The molecule has 0 unspecified atom stereocenters. The van der Waals surface area contributed by atoms with Crippen LogP contribution in [0.1, 0.15) is 0 Å². The molecule has 1 aromatic carbocycles. The van der Waals surface area contributed by atoms with Crippen molar-refractivity contribution in [2.75, 3.05) is 6.54 Å². The molecule has 2 N–H and O–H groups in total. The number of nitrogens with two attached hydrogens (primary N) is 1. The number of aromatic nitrogens is 2. The van der Waals surface area contributed by atoms with Crippen LogP contribution in [0.15, 0.2) is 18.3 Å². The number of nitrogens with zero attached hydrogens (tertiary/aromatic N) is 2. The molecule has 0 radical (unpaired) electrons. The molecular formula is C9H9F2N3. The van der Waals surface area contributed by atoms with Crippen molar-refractivity contribution in [2.45, 2.75) is 6.54 Å². The predicted molar refractivity (Wildman–Crippen MR) is 48.7 cm³/mol. The van der Waals surface area contributed by atoms with Gasteiger partial charge >= 0.3 is 0 Å². The Hall–Kier alpha value is -1.49. The maximum atomic E-state index is 12.9. The topological polar surface area (TPSA) is 43.8 Å². The SMILES string of the molecule is NCCn1ncc2cc(F)c(F)cc21. The molecule has 0 aliphatic rings. The minimum atomic E-state index is -0.865. The fraction of sp³-hybridized carbons (Fsp3) is 0.222. The van der Waals surface area contributed by atoms with Gasteiger partial charge in [-0.1, -0.05) is 0 Å². The van der Waals surface area contributed by atoms with Crippen molar-refractivity contribution in [3.05, 3.63) is 30.0 Å². The van der Waals surface area contributed by atoms with Gasteiger partial charge in [0.2, 0.25) is 0 Å². The van der Waals surface area contributed by atoms with E-state index in [2.05, 4.69) is 5.10 Å². The summed E-state index contributed by atoms with van der Waals surface area (Å²) in [6, 6.07) is 2.26. The van der Waals surface area contributed by atoms with E-state index < -0.39 is 11.6 Å². The van der Waals surface area contributed by atoms with Crippen molar-refractivity contribution in [1.82, 2.24) is 9.78 Å². The molecule has 5 heteroatoms. The van der Waals surface area contributed by atoms with Gasteiger partial charge in [-0.3, -0.25) is 4.68 Å². The fourth-order valence-corrected chi connectivity index (χ4v) is 1.37. The lowest BCUT2D eigenvalue weighted by atomic mass is 10.2. The normalized spacial score (nSPS) is 11.1. The van der Waals surface area contributed by atoms with Gasteiger partial charge < -0.3 is 5.73 Å². The van der Waals surface area contributed by atoms with Crippen LogP contribution in [-0.2, 0) is 6.54 Å².